The van der Waals surface area contributed by atoms with E-state index in [1.54, 1.807) is 12.4 Å². The average Bonchev–Trinajstić information content (AvgIpc) is 2.64. The SMILES string of the molecule is Fc1cc(Br)c(C#Cc2ccc(C#Cc3cccnc3)cc2)cc1F. The molecule has 0 aliphatic rings. The molecular weight excluding hydrogens is 384 g/mol. The van der Waals surface area contributed by atoms with E-state index >= 15 is 0 Å². The summed E-state index contributed by atoms with van der Waals surface area (Å²) in [6.07, 6.45) is 3.40. The molecule has 0 radical (unpaired) electrons. The van der Waals surface area contributed by atoms with Crippen molar-refractivity contribution >= 4 is 15.9 Å². The highest BCUT2D eigenvalue weighted by molar-refractivity contribution is 9.10. The summed E-state index contributed by atoms with van der Waals surface area (Å²) in [6, 6.07) is 13.2. The highest BCUT2D eigenvalue weighted by atomic mass is 79.9. The van der Waals surface area contributed by atoms with Crippen LogP contribution >= 0.6 is 15.9 Å². The van der Waals surface area contributed by atoms with Crippen LogP contribution < -0.4 is 0 Å². The van der Waals surface area contributed by atoms with E-state index in [9.17, 15) is 8.78 Å². The van der Waals surface area contributed by atoms with Crippen LogP contribution in [0.1, 0.15) is 22.3 Å². The predicted octanol–water partition coefficient (Wildman–Crippen LogP) is 4.92. The molecule has 120 valence electrons. The van der Waals surface area contributed by atoms with E-state index in [0.717, 1.165) is 28.8 Å². The summed E-state index contributed by atoms with van der Waals surface area (Å²) in [5.41, 5.74) is 2.83. The first-order valence-corrected chi connectivity index (χ1v) is 8.10. The standard InChI is InChI=1S/C21H10BrF2N/c22-19-13-21(24)20(23)12-18(19)10-9-16-5-3-15(4-6-16)7-8-17-2-1-11-25-14-17/h1-6,11-14H. The van der Waals surface area contributed by atoms with E-state index in [0.29, 0.717) is 10.0 Å². The van der Waals surface area contributed by atoms with Crippen molar-refractivity contribution in [3.8, 4) is 23.7 Å². The van der Waals surface area contributed by atoms with Crippen LogP contribution in [-0.2, 0) is 0 Å². The summed E-state index contributed by atoms with van der Waals surface area (Å²) in [5, 5.41) is 0. The van der Waals surface area contributed by atoms with Crippen molar-refractivity contribution < 1.29 is 8.78 Å². The molecule has 1 aromatic heterocycles. The molecule has 0 atom stereocenters. The lowest BCUT2D eigenvalue weighted by Crippen LogP contribution is -1.87. The van der Waals surface area contributed by atoms with Crippen LogP contribution in [0.3, 0.4) is 0 Å². The largest absolute Gasteiger partial charge is 0.263 e. The van der Waals surface area contributed by atoms with Gasteiger partial charge in [0.2, 0.25) is 0 Å². The van der Waals surface area contributed by atoms with Gasteiger partial charge in [-0.2, -0.15) is 0 Å². The fourth-order valence-corrected chi connectivity index (χ4v) is 2.39. The topological polar surface area (TPSA) is 12.9 Å². The Balaban J connectivity index is 1.79. The summed E-state index contributed by atoms with van der Waals surface area (Å²) in [5.74, 6) is 9.99. The van der Waals surface area contributed by atoms with Crippen LogP contribution in [0.5, 0.6) is 0 Å². The van der Waals surface area contributed by atoms with E-state index in [-0.39, 0.29) is 0 Å². The van der Waals surface area contributed by atoms with Crippen molar-refractivity contribution in [2.24, 2.45) is 0 Å². The number of halogens is 3. The molecule has 1 nitrogen and oxygen atoms in total. The van der Waals surface area contributed by atoms with Gasteiger partial charge in [-0.25, -0.2) is 8.78 Å². The number of benzene rings is 2. The number of pyridine rings is 1. The van der Waals surface area contributed by atoms with Gasteiger partial charge in [0.05, 0.1) is 0 Å². The van der Waals surface area contributed by atoms with Gasteiger partial charge in [-0.15, -0.1) is 0 Å². The van der Waals surface area contributed by atoms with Gasteiger partial charge in [0.1, 0.15) is 0 Å². The Bertz CT molecular complexity index is 1020. The number of hydrogen-bond acceptors (Lipinski definition) is 1. The van der Waals surface area contributed by atoms with E-state index < -0.39 is 11.6 Å². The lowest BCUT2D eigenvalue weighted by molar-refractivity contribution is 0.507. The Labute approximate surface area is 152 Å². The van der Waals surface area contributed by atoms with Crippen molar-refractivity contribution in [3.63, 3.8) is 0 Å². The van der Waals surface area contributed by atoms with Crippen LogP contribution in [0.15, 0.2) is 65.4 Å². The zero-order valence-corrected chi connectivity index (χ0v) is 14.4. The Morgan fingerprint density at radius 2 is 1.36 bits per heavy atom. The zero-order chi connectivity index (χ0) is 17.6. The molecule has 4 heteroatoms. The molecule has 0 saturated carbocycles. The second-order valence-corrected chi connectivity index (χ2v) is 5.92. The highest BCUT2D eigenvalue weighted by Crippen LogP contribution is 2.19. The fraction of sp³-hybridized carbons (Fsp3) is 0. The molecule has 0 unspecified atom stereocenters. The molecule has 0 aliphatic heterocycles. The van der Waals surface area contributed by atoms with Crippen molar-refractivity contribution in [2.45, 2.75) is 0 Å². The maximum atomic E-state index is 13.3. The molecule has 0 fully saturated rings. The second kappa shape index (κ2) is 7.75. The minimum absolute atomic E-state index is 0.388. The van der Waals surface area contributed by atoms with Crippen molar-refractivity contribution in [3.05, 3.63) is 99.3 Å². The molecule has 25 heavy (non-hydrogen) atoms. The molecule has 2 aromatic carbocycles. The summed E-state index contributed by atoms with van der Waals surface area (Å²) in [4.78, 5) is 4.01. The van der Waals surface area contributed by atoms with E-state index in [1.165, 1.54) is 0 Å². The first-order valence-electron chi connectivity index (χ1n) is 7.30. The summed E-state index contributed by atoms with van der Waals surface area (Å²) < 4.78 is 26.8. The minimum Gasteiger partial charge on any atom is -0.263 e. The van der Waals surface area contributed by atoms with Crippen LogP contribution in [0.4, 0.5) is 8.78 Å². The van der Waals surface area contributed by atoms with Gasteiger partial charge in [0.25, 0.3) is 0 Å². The third kappa shape index (κ3) is 4.53. The lowest BCUT2D eigenvalue weighted by Gasteiger charge is -1.98. The molecule has 0 amide bonds. The van der Waals surface area contributed by atoms with Crippen LogP contribution in [-0.4, -0.2) is 4.98 Å². The van der Waals surface area contributed by atoms with Gasteiger partial charge in [0, 0.05) is 39.1 Å². The molecule has 0 spiro atoms. The monoisotopic (exact) mass is 393 g/mol. The molecule has 0 saturated heterocycles. The van der Waals surface area contributed by atoms with Crippen molar-refractivity contribution in [1.29, 1.82) is 0 Å². The molecule has 1 heterocycles. The first-order chi connectivity index (χ1) is 12.1. The van der Waals surface area contributed by atoms with Crippen LogP contribution in [0.2, 0.25) is 0 Å². The Kier molecular flexibility index (Phi) is 5.23. The number of hydrogen-bond donors (Lipinski definition) is 0. The van der Waals surface area contributed by atoms with Crippen LogP contribution in [0.25, 0.3) is 0 Å². The maximum absolute atomic E-state index is 13.3. The quantitative estimate of drug-likeness (QED) is 0.390. The maximum Gasteiger partial charge on any atom is 0.160 e. The van der Waals surface area contributed by atoms with Gasteiger partial charge in [0.15, 0.2) is 11.6 Å². The van der Waals surface area contributed by atoms with Crippen molar-refractivity contribution in [1.82, 2.24) is 4.98 Å². The van der Waals surface area contributed by atoms with Crippen LogP contribution in [0, 0.1) is 35.3 Å². The molecule has 3 rings (SSSR count). The Morgan fingerprint density at radius 1 is 0.760 bits per heavy atom. The summed E-state index contributed by atoms with van der Waals surface area (Å²) in [7, 11) is 0. The predicted molar refractivity (Wildman–Crippen MR) is 96.7 cm³/mol. The Hall–Kier alpha value is -2.95. The number of rotatable bonds is 0. The van der Waals surface area contributed by atoms with Gasteiger partial charge >= 0.3 is 0 Å². The zero-order valence-electron chi connectivity index (χ0n) is 12.9. The smallest absolute Gasteiger partial charge is 0.160 e. The van der Waals surface area contributed by atoms with Crippen molar-refractivity contribution in [2.75, 3.05) is 0 Å². The molecule has 0 N–H and O–H groups in total. The second-order valence-electron chi connectivity index (χ2n) is 5.07. The van der Waals surface area contributed by atoms with E-state index in [2.05, 4.69) is 44.6 Å². The lowest BCUT2D eigenvalue weighted by atomic mass is 10.1. The third-order valence-corrected chi connectivity index (χ3v) is 3.91. The van der Waals surface area contributed by atoms with Gasteiger partial charge < -0.3 is 0 Å². The van der Waals surface area contributed by atoms with E-state index in [1.807, 2.05) is 36.4 Å². The van der Waals surface area contributed by atoms with E-state index in [4.69, 9.17) is 0 Å². The third-order valence-electron chi connectivity index (χ3n) is 3.25. The molecule has 0 aliphatic carbocycles. The highest BCUT2D eigenvalue weighted by Gasteiger charge is 2.05. The summed E-state index contributed by atoms with van der Waals surface area (Å²) in [6.45, 7) is 0. The van der Waals surface area contributed by atoms with Gasteiger partial charge in [-0.05, 0) is 64.5 Å². The normalized spacial score (nSPS) is 9.56. The summed E-state index contributed by atoms with van der Waals surface area (Å²) >= 11 is 3.18. The average molecular weight is 394 g/mol. The number of aromatic nitrogens is 1. The fourth-order valence-electron chi connectivity index (χ4n) is 1.98. The first kappa shape index (κ1) is 16.9. The molecule has 3 aromatic rings. The molecular formula is C21H10BrF2N. The Morgan fingerprint density at radius 3 is 2.00 bits per heavy atom. The van der Waals surface area contributed by atoms with Gasteiger partial charge in [-0.3, -0.25) is 4.98 Å². The molecule has 0 bridgehead atoms. The number of nitrogens with zero attached hydrogens (tertiary/aromatic N) is 1. The minimum atomic E-state index is -0.923. The van der Waals surface area contributed by atoms with Gasteiger partial charge in [-0.1, -0.05) is 23.7 Å².